The molecule has 1 aliphatic heterocycles. The van der Waals surface area contributed by atoms with Crippen LogP contribution >= 0.6 is 0 Å². The first-order valence-electron chi connectivity index (χ1n) is 11.8. The van der Waals surface area contributed by atoms with Gasteiger partial charge in [-0.2, -0.15) is 0 Å². The van der Waals surface area contributed by atoms with Crippen molar-refractivity contribution >= 4 is 28.3 Å². The number of hydrogen-bond acceptors (Lipinski definition) is 5. The first kappa shape index (κ1) is 23.5. The molecule has 7 nitrogen and oxygen atoms in total. The number of anilines is 1. The number of piperidine rings is 1. The molecule has 0 bridgehead atoms. The van der Waals surface area contributed by atoms with Crippen LogP contribution in [-0.4, -0.2) is 47.5 Å². The average molecular weight is 462 g/mol. The molecular formula is C27H31N3O4. The van der Waals surface area contributed by atoms with Crippen molar-refractivity contribution in [3.63, 3.8) is 0 Å². The Kier molecular flexibility index (Phi) is 7.01. The number of hydrogen-bond donors (Lipinski definition) is 2. The first-order valence-corrected chi connectivity index (χ1v) is 11.8. The number of aromatic nitrogens is 1. The standard InChI is InChI=1S/C27H31N3O4/c1-4-34-27(33)19-9-7-13-30(16-19)26(32)18(3)29-20-11-12-22-23(14-20)25(31)28-15-24(22)21-10-6-5-8-17(21)2/h5-6,8,10-12,14-15,18-19,29H,4,7,9,13,16H2,1-3H3,(H,28,31)/t18-,19?/m1/s1. The van der Waals surface area contributed by atoms with Crippen LogP contribution in [0.2, 0.25) is 0 Å². The van der Waals surface area contributed by atoms with E-state index in [2.05, 4.69) is 10.3 Å². The van der Waals surface area contributed by atoms with Crippen molar-refractivity contribution in [2.45, 2.75) is 39.7 Å². The summed E-state index contributed by atoms with van der Waals surface area (Å²) in [5.74, 6) is -0.584. The van der Waals surface area contributed by atoms with Gasteiger partial charge in [0.25, 0.3) is 5.56 Å². The summed E-state index contributed by atoms with van der Waals surface area (Å²) in [7, 11) is 0. The van der Waals surface area contributed by atoms with E-state index in [4.69, 9.17) is 4.74 Å². The molecule has 1 unspecified atom stereocenters. The van der Waals surface area contributed by atoms with Gasteiger partial charge in [-0.3, -0.25) is 14.4 Å². The van der Waals surface area contributed by atoms with E-state index in [-0.39, 0.29) is 23.4 Å². The monoisotopic (exact) mass is 461 g/mol. The highest BCUT2D eigenvalue weighted by molar-refractivity contribution is 5.98. The lowest BCUT2D eigenvalue weighted by Crippen LogP contribution is -2.48. The first-order chi connectivity index (χ1) is 16.4. The van der Waals surface area contributed by atoms with Crippen molar-refractivity contribution in [2.24, 2.45) is 5.92 Å². The highest BCUT2D eigenvalue weighted by Gasteiger charge is 2.31. The van der Waals surface area contributed by atoms with Crippen LogP contribution in [-0.2, 0) is 14.3 Å². The maximum absolute atomic E-state index is 13.1. The molecule has 1 fully saturated rings. The number of ether oxygens (including phenoxy) is 1. The summed E-state index contributed by atoms with van der Waals surface area (Å²) in [4.78, 5) is 42.4. The number of carbonyl (C=O) groups is 2. The molecule has 3 aromatic rings. The van der Waals surface area contributed by atoms with E-state index in [0.717, 1.165) is 34.9 Å². The van der Waals surface area contributed by atoms with Gasteiger partial charge in [-0.05, 0) is 62.3 Å². The van der Waals surface area contributed by atoms with Crippen molar-refractivity contribution in [1.29, 1.82) is 0 Å². The summed E-state index contributed by atoms with van der Waals surface area (Å²) in [6.07, 6.45) is 3.26. The van der Waals surface area contributed by atoms with Gasteiger partial charge in [0.15, 0.2) is 0 Å². The van der Waals surface area contributed by atoms with Crippen LogP contribution in [0.5, 0.6) is 0 Å². The Morgan fingerprint density at radius 1 is 1.18 bits per heavy atom. The van der Waals surface area contributed by atoms with E-state index in [1.165, 1.54) is 0 Å². The van der Waals surface area contributed by atoms with E-state index < -0.39 is 6.04 Å². The molecule has 4 rings (SSSR count). The highest BCUT2D eigenvalue weighted by atomic mass is 16.5. The lowest BCUT2D eigenvalue weighted by Gasteiger charge is -2.33. The fourth-order valence-corrected chi connectivity index (χ4v) is 4.66. The van der Waals surface area contributed by atoms with E-state index in [9.17, 15) is 14.4 Å². The minimum atomic E-state index is -0.503. The van der Waals surface area contributed by atoms with Gasteiger partial charge in [-0.1, -0.05) is 30.3 Å². The topological polar surface area (TPSA) is 91.5 Å². The number of esters is 1. The van der Waals surface area contributed by atoms with E-state index in [1.807, 2.05) is 43.3 Å². The predicted molar refractivity (Wildman–Crippen MR) is 134 cm³/mol. The van der Waals surface area contributed by atoms with Crippen molar-refractivity contribution in [1.82, 2.24) is 9.88 Å². The van der Waals surface area contributed by atoms with Crippen LogP contribution in [0.3, 0.4) is 0 Å². The summed E-state index contributed by atoms with van der Waals surface area (Å²) >= 11 is 0. The highest BCUT2D eigenvalue weighted by Crippen LogP contribution is 2.30. The zero-order chi connectivity index (χ0) is 24.2. The molecule has 0 saturated carbocycles. The molecule has 7 heteroatoms. The number of benzene rings is 2. The number of amides is 1. The quantitative estimate of drug-likeness (QED) is 0.539. The van der Waals surface area contributed by atoms with Crippen LogP contribution in [0.4, 0.5) is 5.69 Å². The molecule has 178 valence electrons. The Balaban J connectivity index is 1.54. The minimum Gasteiger partial charge on any atom is -0.466 e. The lowest BCUT2D eigenvalue weighted by atomic mass is 9.97. The predicted octanol–water partition coefficient (Wildman–Crippen LogP) is 4.11. The summed E-state index contributed by atoms with van der Waals surface area (Å²) in [6, 6.07) is 13.2. The largest absolute Gasteiger partial charge is 0.466 e. The number of nitrogens with zero attached hydrogens (tertiary/aromatic N) is 1. The van der Waals surface area contributed by atoms with Crippen molar-refractivity contribution in [2.75, 3.05) is 25.0 Å². The maximum Gasteiger partial charge on any atom is 0.310 e. The number of carbonyl (C=O) groups excluding carboxylic acids is 2. The number of fused-ring (bicyclic) bond motifs is 1. The molecule has 1 amide bonds. The average Bonchev–Trinajstić information content (AvgIpc) is 2.85. The normalized spacial score (nSPS) is 16.8. The second-order valence-corrected chi connectivity index (χ2v) is 8.85. The van der Waals surface area contributed by atoms with Gasteiger partial charge in [0.1, 0.15) is 6.04 Å². The van der Waals surface area contributed by atoms with Crippen molar-refractivity contribution in [3.8, 4) is 11.1 Å². The lowest BCUT2D eigenvalue weighted by molar-refractivity contribution is -0.151. The SMILES string of the molecule is CCOC(=O)C1CCCN(C(=O)[C@@H](C)Nc2ccc3c(-c4ccccc4C)c[nH]c(=O)c3c2)C1. The molecule has 0 radical (unpaired) electrons. The van der Waals surface area contributed by atoms with Crippen LogP contribution < -0.4 is 10.9 Å². The number of nitrogens with one attached hydrogen (secondary N) is 2. The smallest absolute Gasteiger partial charge is 0.310 e. The van der Waals surface area contributed by atoms with Crippen molar-refractivity contribution < 1.29 is 14.3 Å². The minimum absolute atomic E-state index is 0.0725. The summed E-state index contributed by atoms with van der Waals surface area (Å²) in [5.41, 5.74) is 3.67. The van der Waals surface area contributed by atoms with Crippen LogP contribution in [0.15, 0.2) is 53.5 Å². The van der Waals surface area contributed by atoms with Gasteiger partial charge < -0.3 is 19.9 Å². The third-order valence-electron chi connectivity index (χ3n) is 6.44. The number of aromatic amines is 1. The van der Waals surface area contributed by atoms with E-state index in [0.29, 0.717) is 30.8 Å². The Morgan fingerprint density at radius 2 is 1.97 bits per heavy atom. The van der Waals surface area contributed by atoms with E-state index in [1.54, 1.807) is 31.0 Å². The van der Waals surface area contributed by atoms with Gasteiger partial charge in [0, 0.05) is 35.9 Å². The fourth-order valence-electron chi connectivity index (χ4n) is 4.66. The number of H-pyrrole nitrogens is 1. The fraction of sp³-hybridized carbons (Fsp3) is 0.370. The summed E-state index contributed by atoms with van der Waals surface area (Å²) in [5, 5.41) is 4.66. The Bertz CT molecular complexity index is 1270. The Hall–Kier alpha value is -3.61. The van der Waals surface area contributed by atoms with E-state index >= 15 is 0 Å². The molecule has 2 atom stereocenters. The van der Waals surface area contributed by atoms with Crippen molar-refractivity contribution in [3.05, 3.63) is 64.6 Å². The molecule has 0 aliphatic carbocycles. The molecule has 1 aliphatic rings. The molecular weight excluding hydrogens is 430 g/mol. The van der Waals surface area contributed by atoms with Gasteiger partial charge in [-0.25, -0.2) is 0 Å². The Morgan fingerprint density at radius 3 is 2.74 bits per heavy atom. The van der Waals surface area contributed by atoms with Gasteiger partial charge in [0.05, 0.1) is 12.5 Å². The van der Waals surface area contributed by atoms with Gasteiger partial charge in [0.2, 0.25) is 5.91 Å². The number of pyridine rings is 1. The number of likely N-dealkylation sites (tertiary alicyclic amines) is 1. The number of aryl methyl sites for hydroxylation is 1. The molecule has 2 aromatic carbocycles. The molecule has 0 spiro atoms. The molecule has 34 heavy (non-hydrogen) atoms. The van der Waals surface area contributed by atoms with Crippen LogP contribution in [0.1, 0.15) is 32.3 Å². The van der Waals surface area contributed by atoms with Crippen LogP contribution in [0, 0.1) is 12.8 Å². The van der Waals surface area contributed by atoms with Gasteiger partial charge in [-0.15, -0.1) is 0 Å². The summed E-state index contributed by atoms with van der Waals surface area (Å²) < 4.78 is 5.14. The third-order valence-corrected chi connectivity index (χ3v) is 6.44. The molecule has 1 saturated heterocycles. The summed E-state index contributed by atoms with van der Waals surface area (Å²) in [6.45, 7) is 6.97. The second-order valence-electron chi connectivity index (χ2n) is 8.85. The third kappa shape index (κ3) is 4.83. The zero-order valence-corrected chi connectivity index (χ0v) is 19.9. The number of rotatable bonds is 6. The zero-order valence-electron chi connectivity index (χ0n) is 19.9. The Labute approximate surface area is 199 Å². The van der Waals surface area contributed by atoms with Gasteiger partial charge >= 0.3 is 5.97 Å². The maximum atomic E-state index is 13.1. The molecule has 2 heterocycles. The second kappa shape index (κ2) is 10.1. The molecule has 1 aromatic heterocycles. The van der Waals surface area contributed by atoms with Crippen LogP contribution in [0.25, 0.3) is 21.9 Å². The molecule has 2 N–H and O–H groups in total.